The monoisotopic (exact) mass is 360 g/mol. The third-order valence-corrected chi connectivity index (χ3v) is 5.49. The molecule has 134 valence electrons. The van der Waals surface area contributed by atoms with Gasteiger partial charge in [-0.2, -0.15) is 4.52 Å². The summed E-state index contributed by atoms with van der Waals surface area (Å²) in [5, 5.41) is 15.2. The van der Waals surface area contributed by atoms with Crippen LogP contribution in [0.5, 0.6) is 11.6 Å². The van der Waals surface area contributed by atoms with E-state index in [0.29, 0.717) is 0 Å². The van der Waals surface area contributed by atoms with Crippen molar-refractivity contribution in [1.82, 2.24) is 19.5 Å². The molecule has 1 N–H and O–H groups in total. The van der Waals surface area contributed by atoms with Crippen LogP contribution in [0.4, 0.5) is 0 Å². The number of nitrogens with zero attached hydrogens (tertiary/aromatic N) is 4. The van der Waals surface area contributed by atoms with E-state index >= 15 is 0 Å². The standard InChI is InChI=1S/C18H24N4O2S/c1-5-14-19-18-22(20-14)17(23)16(25-18)15(21(6-2)7-3)12-8-10-13(24-4)11-9-12/h8-11,15,23H,5-7H2,1-4H3. The highest BCUT2D eigenvalue weighted by Gasteiger charge is 2.28. The number of aromatic nitrogens is 3. The van der Waals surface area contributed by atoms with Crippen molar-refractivity contribution in [2.24, 2.45) is 0 Å². The van der Waals surface area contributed by atoms with Gasteiger partial charge in [0.15, 0.2) is 5.82 Å². The molecule has 3 aromatic rings. The van der Waals surface area contributed by atoms with Gasteiger partial charge < -0.3 is 9.84 Å². The highest BCUT2D eigenvalue weighted by molar-refractivity contribution is 7.17. The molecule has 0 aliphatic heterocycles. The molecular weight excluding hydrogens is 336 g/mol. The summed E-state index contributed by atoms with van der Waals surface area (Å²) in [4.78, 5) is 8.41. The molecule has 1 aromatic carbocycles. The van der Waals surface area contributed by atoms with E-state index in [0.717, 1.165) is 46.5 Å². The maximum atomic E-state index is 10.8. The Morgan fingerprint density at radius 2 is 1.88 bits per heavy atom. The summed E-state index contributed by atoms with van der Waals surface area (Å²) in [6, 6.07) is 7.97. The predicted octanol–water partition coefficient (Wildman–Crippen LogP) is 3.50. The van der Waals surface area contributed by atoms with Gasteiger partial charge in [-0.15, -0.1) is 5.10 Å². The smallest absolute Gasteiger partial charge is 0.230 e. The summed E-state index contributed by atoms with van der Waals surface area (Å²) in [7, 11) is 1.66. The van der Waals surface area contributed by atoms with Crippen LogP contribution in [0.2, 0.25) is 0 Å². The fourth-order valence-corrected chi connectivity index (χ4v) is 4.16. The van der Waals surface area contributed by atoms with Crippen LogP contribution in [0.15, 0.2) is 24.3 Å². The van der Waals surface area contributed by atoms with Crippen LogP contribution in [0, 0.1) is 0 Å². The van der Waals surface area contributed by atoms with Crippen molar-refractivity contribution in [3.8, 4) is 11.6 Å². The first-order valence-corrected chi connectivity index (χ1v) is 9.39. The first-order valence-electron chi connectivity index (χ1n) is 8.58. The summed E-state index contributed by atoms with van der Waals surface area (Å²) in [6.07, 6.45) is 0.751. The number of hydrogen-bond donors (Lipinski definition) is 1. The molecule has 25 heavy (non-hydrogen) atoms. The Hall–Kier alpha value is -2.12. The Bertz CT molecular complexity index is 837. The first kappa shape index (κ1) is 17.7. The minimum absolute atomic E-state index is 0.0421. The summed E-state index contributed by atoms with van der Waals surface area (Å²) in [6.45, 7) is 8.01. The molecule has 0 amide bonds. The average Bonchev–Trinajstić information content (AvgIpc) is 3.19. The van der Waals surface area contributed by atoms with Crippen molar-refractivity contribution in [2.45, 2.75) is 33.2 Å². The molecule has 0 saturated carbocycles. The van der Waals surface area contributed by atoms with Crippen molar-refractivity contribution in [2.75, 3.05) is 20.2 Å². The second-order valence-corrected chi connectivity index (χ2v) is 6.77. The van der Waals surface area contributed by atoms with Crippen molar-refractivity contribution in [3.63, 3.8) is 0 Å². The molecule has 0 fully saturated rings. The van der Waals surface area contributed by atoms with Gasteiger partial charge in [-0.05, 0) is 30.8 Å². The minimum Gasteiger partial charge on any atom is -0.497 e. The molecule has 2 aromatic heterocycles. The van der Waals surface area contributed by atoms with E-state index in [1.807, 2.05) is 19.1 Å². The molecule has 0 saturated heterocycles. The van der Waals surface area contributed by atoms with E-state index in [2.05, 4.69) is 41.0 Å². The number of benzene rings is 1. The van der Waals surface area contributed by atoms with Gasteiger partial charge in [-0.1, -0.05) is 44.2 Å². The molecule has 7 heteroatoms. The molecule has 0 bridgehead atoms. The number of thiazole rings is 1. The average molecular weight is 360 g/mol. The van der Waals surface area contributed by atoms with E-state index in [4.69, 9.17) is 4.74 Å². The SMILES string of the molecule is CCc1nc2sc(C(c3ccc(OC)cc3)N(CC)CC)c(O)n2n1. The molecule has 0 radical (unpaired) electrons. The van der Waals surface area contributed by atoms with Gasteiger partial charge in [0.1, 0.15) is 5.75 Å². The van der Waals surface area contributed by atoms with Crippen molar-refractivity contribution in [1.29, 1.82) is 0 Å². The quantitative estimate of drug-likeness (QED) is 0.699. The summed E-state index contributed by atoms with van der Waals surface area (Å²) < 4.78 is 6.82. The van der Waals surface area contributed by atoms with Crippen LogP contribution in [0.3, 0.4) is 0 Å². The minimum atomic E-state index is -0.0421. The molecular formula is C18H24N4O2S. The van der Waals surface area contributed by atoms with E-state index in [-0.39, 0.29) is 11.9 Å². The number of aromatic hydroxyl groups is 1. The van der Waals surface area contributed by atoms with E-state index in [9.17, 15) is 5.11 Å². The lowest BCUT2D eigenvalue weighted by Gasteiger charge is -2.29. The van der Waals surface area contributed by atoms with Gasteiger partial charge in [-0.3, -0.25) is 4.90 Å². The molecule has 0 aliphatic carbocycles. The lowest BCUT2D eigenvalue weighted by molar-refractivity contribution is 0.248. The van der Waals surface area contributed by atoms with Crippen LogP contribution in [-0.2, 0) is 6.42 Å². The largest absolute Gasteiger partial charge is 0.497 e. The summed E-state index contributed by atoms with van der Waals surface area (Å²) in [5.74, 6) is 1.75. The molecule has 1 atom stereocenters. The van der Waals surface area contributed by atoms with E-state index in [1.54, 1.807) is 11.6 Å². The third-order valence-electron chi connectivity index (χ3n) is 4.42. The summed E-state index contributed by atoms with van der Waals surface area (Å²) in [5.41, 5.74) is 1.11. The van der Waals surface area contributed by atoms with Gasteiger partial charge in [-0.25, -0.2) is 4.98 Å². The zero-order chi connectivity index (χ0) is 18.0. The second-order valence-electron chi connectivity index (χ2n) is 5.76. The molecule has 0 aliphatic rings. The maximum Gasteiger partial charge on any atom is 0.230 e. The number of rotatable bonds is 7. The first-order chi connectivity index (χ1) is 12.1. The zero-order valence-electron chi connectivity index (χ0n) is 15.1. The van der Waals surface area contributed by atoms with E-state index < -0.39 is 0 Å². The Balaban J connectivity index is 2.10. The van der Waals surface area contributed by atoms with Crippen LogP contribution < -0.4 is 4.74 Å². The van der Waals surface area contributed by atoms with Gasteiger partial charge in [0.25, 0.3) is 0 Å². The summed E-state index contributed by atoms with van der Waals surface area (Å²) >= 11 is 1.50. The van der Waals surface area contributed by atoms with Crippen molar-refractivity contribution >= 4 is 16.3 Å². The Kier molecular flexibility index (Phi) is 5.24. The van der Waals surface area contributed by atoms with Crippen molar-refractivity contribution in [3.05, 3.63) is 40.5 Å². The van der Waals surface area contributed by atoms with Crippen LogP contribution in [-0.4, -0.2) is 44.8 Å². The Labute approximate surface area is 151 Å². The fourth-order valence-electron chi connectivity index (χ4n) is 3.02. The molecule has 0 spiro atoms. The zero-order valence-corrected chi connectivity index (χ0v) is 15.9. The highest BCUT2D eigenvalue weighted by Crippen LogP contribution is 2.40. The molecule has 6 nitrogen and oxygen atoms in total. The van der Waals surface area contributed by atoms with Gasteiger partial charge in [0, 0.05) is 6.42 Å². The second kappa shape index (κ2) is 7.41. The van der Waals surface area contributed by atoms with Crippen molar-refractivity contribution < 1.29 is 9.84 Å². The lowest BCUT2D eigenvalue weighted by atomic mass is 10.0. The Morgan fingerprint density at radius 1 is 1.20 bits per heavy atom. The van der Waals surface area contributed by atoms with Crippen LogP contribution in [0.1, 0.15) is 43.1 Å². The van der Waals surface area contributed by atoms with Crippen LogP contribution >= 0.6 is 11.3 Å². The molecule has 2 heterocycles. The maximum absolute atomic E-state index is 10.8. The number of ether oxygens (including phenoxy) is 1. The van der Waals surface area contributed by atoms with Gasteiger partial charge in [0.05, 0.1) is 18.0 Å². The number of fused-ring (bicyclic) bond motifs is 1. The number of hydrogen-bond acceptors (Lipinski definition) is 6. The normalized spacial score (nSPS) is 12.8. The van der Waals surface area contributed by atoms with Crippen LogP contribution in [0.25, 0.3) is 4.96 Å². The molecule has 3 rings (SSSR count). The number of aryl methyl sites for hydroxylation is 1. The Morgan fingerprint density at radius 3 is 2.40 bits per heavy atom. The topological polar surface area (TPSA) is 62.9 Å². The van der Waals surface area contributed by atoms with E-state index in [1.165, 1.54) is 11.3 Å². The number of methoxy groups -OCH3 is 1. The molecule has 1 unspecified atom stereocenters. The highest BCUT2D eigenvalue weighted by atomic mass is 32.1. The fraction of sp³-hybridized carbons (Fsp3) is 0.444. The van der Waals surface area contributed by atoms with Gasteiger partial charge >= 0.3 is 0 Å². The lowest BCUT2D eigenvalue weighted by Crippen LogP contribution is -2.28. The predicted molar refractivity (Wildman–Crippen MR) is 99.7 cm³/mol. The van der Waals surface area contributed by atoms with Gasteiger partial charge in [0.2, 0.25) is 10.8 Å². The third kappa shape index (κ3) is 3.21.